The fourth-order valence-electron chi connectivity index (χ4n) is 2.17. The van der Waals surface area contributed by atoms with Gasteiger partial charge in [0.1, 0.15) is 5.82 Å². The smallest absolute Gasteiger partial charge is 0.128 e. The number of rotatable bonds is 6. The Labute approximate surface area is 111 Å². The van der Waals surface area contributed by atoms with E-state index in [9.17, 15) is 0 Å². The van der Waals surface area contributed by atoms with Gasteiger partial charge in [-0.05, 0) is 49.4 Å². The van der Waals surface area contributed by atoms with Crippen molar-refractivity contribution < 1.29 is 0 Å². The fraction of sp³-hybridized carbons (Fsp3) is 0.667. The Morgan fingerprint density at radius 2 is 2.11 bits per heavy atom. The van der Waals surface area contributed by atoms with Crippen LogP contribution in [0.25, 0.3) is 0 Å². The van der Waals surface area contributed by atoms with E-state index in [4.69, 9.17) is 4.98 Å². The zero-order valence-corrected chi connectivity index (χ0v) is 12.0. The molecular formula is C15H25N3. The quantitative estimate of drug-likeness (QED) is 0.838. The van der Waals surface area contributed by atoms with E-state index in [0.29, 0.717) is 5.92 Å². The van der Waals surface area contributed by atoms with Gasteiger partial charge in [0.2, 0.25) is 0 Å². The van der Waals surface area contributed by atoms with Gasteiger partial charge >= 0.3 is 0 Å². The van der Waals surface area contributed by atoms with Gasteiger partial charge in [-0.2, -0.15) is 0 Å². The van der Waals surface area contributed by atoms with Gasteiger partial charge in [-0.15, -0.1) is 0 Å². The van der Waals surface area contributed by atoms with E-state index in [2.05, 4.69) is 43.2 Å². The molecule has 0 atom stereocenters. The van der Waals surface area contributed by atoms with Crippen molar-refractivity contribution >= 4 is 5.82 Å². The second-order valence-corrected chi connectivity index (χ2v) is 5.77. The molecule has 1 fully saturated rings. The molecule has 0 aromatic carbocycles. The molecular weight excluding hydrogens is 222 g/mol. The highest BCUT2D eigenvalue weighted by atomic mass is 15.2. The summed E-state index contributed by atoms with van der Waals surface area (Å²) >= 11 is 0. The topological polar surface area (TPSA) is 28.2 Å². The summed E-state index contributed by atoms with van der Waals surface area (Å²) in [7, 11) is 4.15. The van der Waals surface area contributed by atoms with Crippen LogP contribution >= 0.6 is 0 Å². The van der Waals surface area contributed by atoms with Crippen molar-refractivity contribution in [3.05, 3.63) is 23.4 Å². The lowest BCUT2D eigenvalue weighted by Gasteiger charge is -2.20. The van der Waals surface area contributed by atoms with Crippen LogP contribution in [0.15, 0.2) is 12.1 Å². The van der Waals surface area contributed by atoms with Crippen molar-refractivity contribution in [1.29, 1.82) is 0 Å². The Bertz CT molecular complexity index is 397. The highest BCUT2D eigenvalue weighted by Crippen LogP contribution is 2.31. The molecule has 100 valence electrons. The summed E-state index contributed by atoms with van der Waals surface area (Å²) in [5, 5.41) is 3.22. The minimum Gasteiger partial charge on any atom is -0.359 e. The molecule has 1 aromatic rings. The van der Waals surface area contributed by atoms with Gasteiger partial charge in [0.15, 0.2) is 0 Å². The zero-order valence-electron chi connectivity index (χ0n) is 12.0. The van der Waals surface area contributed by atoms with Crippen LogP contribution in [0.1, 0.15) is 43.9 Å². The first kappa shape index (κ1) is 13.3. The average Bonchev–Trinajstić information content (AvgIpc) is 3.13. The summed E-state index contributed by atoms with van der Waals surface area (Å²) in [5.41, 5.74) is 2.52. The second-order valence-electron chi connectivity index (χ2n) is 5.77. The number of hydrogen-bond acceptors (Lipinski definition) is 3. The molecule has 18 heavy (non-hydrogen) atoms. The van der Waals surface area contributed by atoms with Crippen LogP contribution in [0.5, 0.6) is 0 Å². The van der Waals surface area contributed by atoms with E-state index in [1.807, 2.05) is 7.05 Å². The lowest BCUT2D eigenvalue weighted by Crippen LogP contribution is -2.22. The average molecular weight is 247 g/mol. The van der Waals surface area contributed by atoms with Gasteiger partial charge in [0.25, 0.3) is 0 Å². The SMILES string of the molecule is CNCc1cc(C(C)C)nc(N(C)CC2CC2)c1. The molecule has 3 heteroatoms. The molecule has 2 rings (SSSR count). The van der Waals surface area contributed by atoms with Gasteiger partial charge in [0.05, 0.1) is 0 Å². The Kier molecular flexibility index (Phi) is 4.23. The monoisotopic (exact) mass is 247 g/mol. The van der Waals surface area contributed by atoms with E-state index in [-0.39, 0.29) is 0 Å². The molecule has 0 aliphatic heterocycles. The molecule has 0 bridgehead atoms. The number of nitrogens with one attached hydrogen (secondary N) is 1. The second kappa shape index (κ2) is 5.70. The van der Waals surface area contributed by atoms with Gasteiger partial charge in [-0.25, -0.2) is 4.98 Å². The highest BCUT2D eigenvalue weighted by Gasteiger charge is 2.23. The molecule has 0 amide bonds. The predicted octanol–water partition coefficient (Wildman–Crippen LogP) is 2.77. The third-order valence-corrected chi connectivity index (χ3v) is 3.48. The molecule has 1 N–H and O–H groups in total. The van der Waals surface area contributed by atoms with E-state index < -0.39 is 0 Å². The molecule has 3 nitrogen and oxygen atoms in total. The van der Waals surface area contributed by atoms with Crippen LogP contribution in [0.3, 0.4) is 0 Å². The molecule has 0 saturated heterocycles. The first-order valence-electron chi connectivity index (χ1n) is 6.96. The number of nitrogens with zero attached hydrogens (tertiary/aromatic N) is 2. The normalized spacial score (nSPS) is 15.2. The molecule has 0 radical (unpaired) electrons. The maximum atomic E-state index is 4.79. The minimum atomic E-state index is 0.481. The first-order chi connectivity index (χ1) is 8.60. The third kappa shape index (κ3) is 3.45. The molecule has 0 unspecified atom stereocenters. The molecule has 0 spiro atoms. The lowest BCUT2D eigenvalue weighted by atomic mass is 10.1. The summed E-state index contributed by atoms with van der Waals surface area (Å²) in [5.74, 6) is 2.50. The number of hydrogen-bond donors (Lipinski definition) is 1. The molecule has 1 saturated carbocycles. The van der Waals surface area contributed by atoms with Crippen molar-refractivity contribution in [2.24, 2.45) is 5.92 Å². The number of aromatic nitrogens is 1. The molecule has 1 aliphatic rings. The van der Waals surface area contributed by atoms with Gasteiger partial charge < -0.3 is 10.2 Å². The van der Waals surface area contributed by atoms with Crippen molar-refractivity contribution in [1.82, 2.24) is 10.3 Å². The van der Waals surface area contributed by atoms with Gasteiger partial charge in [0, 0.05) is 25.8 Å². The van der Waals surface area contributed by atoms with Crippen molar-refractivity contribution in [2.75, 3.05) is 25.5 Å². The maximum Gasteiger partial charge on any atom is 0.128 e. The standard InChI is InChI=1S/C15H25N3/c1-11(2)14-7-13(9-16-3)8-15(17-14)18(4)10-12-5-6-12/h7-8,11-12,16H,5-6,9-10H2,1-4H3. The zero-order chi connectivity index (χ0) is 13.1. The van der Waals surface area contributed by atoms with Crippen molar-refractivity contribution in [2.45, 2.75) is 39.2 Å². The molecule has 1 heterocycles. The number of pyridine rings is 1. The van der Waals surface area contributed by atoms with Crippen LogP contribution in [-0.2, 0) is 6.54 Å². The van der Waals surface area contributed by atoms with Crippen LogP contribution < -0.4 is 10.2 Å². The summed E-state index contributed by atoms with van der Waals surface area (Å²) in [6, 6.07) is 4.43. The predicted molar refractivity (Wildman–Crippen MR) is 77.1 cm³/mol. The minimum absolute atomic E-state index is 0.481. The Hall–Kier alpha value is -1.09. The summed E-state index contributed by atoms with van der Waals surface area (Å²) in [4.78, 5) is 7.10. The largest absolute Gasteiger partial charge is 0.359 e. The van der Waals surface area contributed by atoms with E-state index in [1.54, 1.807) is 0 Å². The summed E-state index contributed by atoms with van der Waals surface area (Å²) in [6.07, 6.45) is 2.77. The summed E-state index contributed by atoms with van der Waals surface area (Å²) in [6.45, 7) is 6.46. The van der Waals surface area contributed by atoms with Crippen LogP contribution in [0.4, 0.5) is 5.82 Å². The fourth-order valence-corrected chi connectivity index (χ4v) is 2.17. The van der Waals surface area contributed by atoms with Crippen LogP contribution in [-0.4, -0.2) is 25.6 Å². The first-order valence-corrected chi connectivity index (χ1v) is 6.96. The van der Waals surface area contributed by atoms with Crippen LogP contribution in [0.2, 0.25) is 0 Å². The summed E-state index contributed by atoms with van der Waals surface area (Å²) < 4.78 is 0. The highest BCUT2D eigenvalue weighted by molar-refractivity contribution is 5.42. The van der Waals surface area contributed by atoms with E-state index in [1.165, 1.54) is 24.1 Å². The van der Waals surface area contributed by atoms with Gasteiger partial charge in [-0.1, -0.05) is 13.8 Å². The maximum absolute atomic E-state index is 4.79. The van der Waals surface area contributed by atoms with Crippen molar-refractivity contribution in [3.63, 3.8) is 0 Å². The lowest BCUT2D eigenvalue weighted by molar-refractivity contribution is 0.751. The molecule has 1 aliphatic carbocycles. The molecule has 1 aromatic heterocycles. The Morgan fingerprint density at radius 1 is 1.39 bits per heavy atom. The third-order valence-electron chi connectivity index (χ3n) is 3.48. The van der Waals surface area contributed by atoms with Gasteiger partial charge in [-0.3, -0.25) is 0 Å². The Balaban J connectivity index is 2.20. The van der Waals surface area contributed by atoms with E-state index in [0.717, 1.165) is 24.8 Å². The Morgan fingerprint density at radius 3 is 2.67 bits per heavy atom. The van der Waals surface area contributed by atoms with E-state index >= 15 is 0 Å². The van der Waals surface area contributed by atoms with Crippen molar-refractivity contribution in [3.8, 4) is 0 Å². The van der Waals surface area contributed by atoms with Crippen LogP contribution in [0, 0.1) is 5.92 Å². The number of anilines is 1.